The van der Waals surface area contributed by atoms with Gasteiger partial charge in [-0.3, -0.25) is 14.9 Å². The molecule has 0 radical (unpaired) electrons. The Balaban J connectivity index is 1.88. The van der Waals surface area contributed by atoms with E-state index in [-0.39, 0.29) is 5.69 Å². The van der Waals surface area contributed by atoms with Gasteiger partial charge < -0.3 is 10.1 Å². The summed E-state index contributed by atoms with van der Waals surface area (Å²) in [6.07, 6.45) is 2.81. The van der Waals surface area contributed by atoms with Crippen molar-refractivity contribution in [2.24, 2.45) is 0 Å². The van der Waals surface area contributed by atoms with Crippen LogP contribution in [0.5, 0.6) is 0 Å². The van der Waals surface area contributed by atoms with Crippen LogP contribution in [0.25, 0.3) is 6.08 Å². The maximum atomic E-state index is 11.8. The molecule has 0 spiro atoms. The van der Waals surface area contributed by atoms with E-state index in [2.05, 4.69) is 5.32 Å². The molecule has 0 unspecified atom stereocenters. The zero-order chi connectivity index (χ0) is 17.5. The second-order valence-electron chi connectivity index (χ2n) is 4.80. The fraction of sp³-hybridized carbons (Fsp3) is 0.125. The van der Waals surface area contributed by atoms with E-state index in [9.17, 15) is 19.7 Å². The lowest BCUT2D eigenvalue weighted by Crippen LogP contribution is -2.20. The average Bonchev–Trinajstić information content (AvgIpc) is 3.06. The van der Waals surface area contributed by atoms with Gasteiger partial charge in [0.1, 0.15) is 0 Å². The number of anilines is 1. The van der Waals surface area contributed by atoms with Gasteiger partial charge in [0.25, 0.3) is 11.6 Å². The molecule has 24 heavy (non-hydrogen) atoms. The first kappa shape index (κ1) is 17.4. The fourth-order valence-corrected chi connectivity index (χ4v) is 2.39. The van der Waals surface area contributed by atoms with Gasteiger partial charge in [-0.05, 0) is 41.0 Å². The molecule has 8 heteroatoms. The highest BCUT2D eigenvalue weighted by Gasteiger charge is 2.12. The topological polar surface area (TPSA) is 98.5 Å². The van der Waals surface area contributed by atoms with E-state index in [1.54, 1.807) is 13.0 Å². The van der Waals surface area contributed by atoms with Crippen LogP contribution in [0, 0.1) is 17.0 Å². The minimum Gasteiger partial charge on any atom is -0.452 e. The molecule has 1 aromatic heterocycles. The number of rotatable bonds is 6. The van der Waals surface area contributed by atoms with Gasteiger partial charge in [0.2, 0.25) is 0 Å². The van der Waals surface area contributed by atoms with Crippen molar-refractivity contribution in [1.82, 2.24) is 0 Å². The fourth-order valence-electron chi connectivity index (χ4n) is 1.76. The van der Waals surface area contributed by atoms with Crippen LogP contribution in [-0.2, 0) is 14.3 Å². The minimum absolute atomic E-state index is 0.133. The summed E-state index contributed by atoms with van der Waals surface area (Å²) in [6.45, 7) is 1.23. The van der Waals surface area contributed by atoms with Crippen LogP contribution in [-0.4, -0.2) is 23.4 Å². The van der Waals surface area contributed by atoms with Crippen molar-refractivity contribution in [3.05, 3.63) is 62.3 Å². The van der Waals surface area contributed by atoms with E-state index < -0.39 is 23.4 Å². The van der Waals surface area contributed by atoms with E-state index in [0.29, 0.717) is 11.3 Å². The summed E-state index contributed by atoms with van der Waals surface area (Å²) in [6, 6.07) is 5.97. The molecule has 0 fully saturated rings. The largest absolute Gasteiger partial charge is 0.452 e. The molecule has 1 heterocycles. The molecule has 0 aliphatic rings. The lowest BCUT2D eigenvalue weighted by atomic mass is 10.2. The van der Waals surface area contributed by atoms with E-state index >= 15 is 0 Å². The Morgan fingerprint density at radius 2 is 2.17 bits per heavy atom. The summed E-state index contributed by atoms with van der Waals surface area (Å²) in [5.41, 5.74) is 1.71. The van der Waals surface area contributed by atoms with Crippen molar-refractivity contribution in [1.29, 1.82) is 0 Å². The molecular weight excluding hydrogens is 332 g/mol. The van der Waals surface area contributed by atoms with E-state index in [1.165, 1.54) is 35.6 Å². The maximum Gasteiger partial charge on any atom is 0.331 e. The highest BCUT2D eigenvalue weighted by atomic mass is 32.1. The Labute approximate surface area is 141 Å². The summed E-state index contributed by atoms with van der Waals surface area (Å²) in [4.78, 5) is 33.5. The predicted molar refractivity (Wildman–Crippen MR) is 90.8 cm³/mol. The average molecular weight is 346 g/mol. The predicted octanol–water partition coefficient (Wildman–Crippen LogP) is 3.16. The zero-order valence-electron chi connectivity index (χ0n) is 12.7. The quantitative estimate of drug-likeness (QED) is 0.375. The molecule has 1 amide bonds. The number of nitro groups is 1. The number of carbonyl (C=O) groups is 2. The molecule has 124 valence electrons. The van der Waals surface area contributed by atoms with E-state index in [1.807, 2.05) is 16.8 Å². The summed E-state index contributed by atoms with van der Waals surface area (Å²) in [7, 11) is 0. The van der Waals surface area contributed by atoms with Crippen molar-refractivity contribution < 1.29 is 19.2 Å². The molecule has 1 N–H and O–H groups in total. The van der Waals surface area contributed by atoms with Crippen LogP contribution >= 0.6 is 11.3 Å². The van der Waals surface area contributed by atoms with Gasteiger partial charge in [0, 0.05) is 18.2 Å². The van der Waals surface area contributed by atoms with Crippen LogP contribution < -0.4 is 5.32 Å². The third-order valence-electron chi connectivity index (χ3n) is 3.01. The maximum absolute atomic E-state index is 11.8. The Bertz CT molecular complexity index is 784. The Kier molecular flexibility index (Phi) is 5.80. The molecule has 0 aliphatic carbocycles. The van der Waals surface area contributed by atoms with Crippen LogP contribution in [0.4, 0.5) is 11.4 Å². The molecule has 0 saturated carbocycles. The first-order valence-electron chi connectivity index (χ1n) is 6.87. The molecular formula is C16H14N2O5S. The van der Waals surface area contributed by atoms with Crippen molar-refractivity contribution in [2.75, 3.05) is 11.9 Å². The Morgan fingerprint density at radius 3 is 2.83 bits per heavy atom. The van der Waals surface area contributed by atoms with Gasteiger partial charge >= 0.3 is 5.97 Å². The summed E-state index contributed by atoms with van der Waals surface area (Å²) in [5, 5.41) is 17.0. The van der Waals surface area contributed by atoms with Crippen molar-refractivity contribution in [3.8, 4) is 0 Å². The normalized spacial score (nSPS) is 10.5. The number of benzene rings is 1. The second kappa shape index (κ2) is 8.02. The molecule has 2 rings (SSSR count). The van der Waals surface area contributed by atoms with Gasteiger partial charge in [0.15, 0.2) is 6.61 Å². The van der Waals surface area contributed by atoms with E-state index in [4.69, 9.17) is 4.74 Å². The van der Waals surface area contributed by atoms with Gasteiger partial charge in [-0.1, -0.05) is 6.07 Å². The Morgan fingerprint density at radius 1 is 1.38 bits per heavy atom. The van der Waals surface area contributed by atoms with Crippen LogP contribution in [0.15, 0.2) is 41.1 Å². The number of nitro benzene ring substituents is 1. The van der Waals surface area contributed by atoms with Gasteiger partial charge in [-0.15, -0.1) is 0 Å². The Hall–Kier alpha value is -3.00. The molecule has 0 atom stereocenters. The smallest absolute Gasteiger partial charge is 0.331 e. The van der Waals surface area contributed by atoms with Crippen molar-refractivity contribution in [2.45, 2.75) is 6.92 Å². The number of nitrogens with one attached hydrogen (secondary N) is 1. The summed E-state index contributed by atoms with van der Waals surface area (Å²) in [5.74, 6) is -1.22. The first-order chi connectivity index (χ1) is 11.5. The molecule has 2 aromatic rings. The van der Waals surface area contributed by atoms with Crippen LogP contribution in [0.1, 0.15) is 11.1 Å². The number of aryl methyl sites for hydroxylation is 1. The zero-order valence-corrected chi connectivity index (χ0v) is 13.5. The summed E-state index contributed by atoms with van der Waals surface area (Å²) < 4.78 is 4.82. The van der Waals surface area contributed by atoms with E-state index in [0.717, 1.165) is 5.56 Å². The molecule has 0 aliphatic heterocycles. The van der Waals surface area contributed by atoms with Gasteiger partial charge in [-0.25, -0.2) is 4.79 Å². The van der Waals surface area contributed by atoms with Crippen molar-refractivity contribution in [3.63, 3.8) is 0 Å². The third kappa shape index (κ3) is 5.03. The van der Waals surface area contributed by atoms with Gasteiger partial charge in [-0.2, -0.15) is 11.3 Å². The number of amides is 1. The monoisotopic (exact) mass is 346 g/mol. The SMILES string of the molecule is Cc1ccc([N+](=O)[O-])cc1NC(=O)COC(=O)/C=C/c1ccsc1. The number of nitrogens with zero attached hydrogens (tertiary/aromatic N) is 1. The minimum atomic E-state index is -0.646. The number of non-ortho nitro benzene ring substituents is 1. The molecule has 7 nitrogen and oxygen atoms in total. The molecule has 0 bridgehead atoms. The number of hydrogen-bond donors (Lipinski definition) is 1. The van der Waals surface area contributed by atoms with Gasteiger partial charge in [0.05, 0.1) is 10.6 Å². The number of hydrogen-bond acceptors (Lipinski definition) is 6. The van der Waals surface area contributed by atoms with Crippen LogP contribution in [0.3, 0.4) is 0 Å². The lowest BCUT2D eigenvalue weighted by Gasteiger charge is -2.08. The second-order valence-corrected chi connectivity index (χ2v) is 5.58. The van der Waals surface area contributed by atoms with Crippen LogP contribution in [0.2, 0.25) is 0 Å². The highest BCUT2D eigenvalue weighted by Crippen LogP contribution is 2.21. The number of ether oxygens (including phenoxy) is 1. The number of esters is 1. The lowest BCUT2D eigenvalue weighted by molar-refractivity contribution is -0.384. The standard InChI is InChI=1S/C16H14N2O5S/c1-11-2-4-13(18(21)22)8-14(11)17-15(19)9-23-16(20)5-3-12-6-7-24-10-12/h2-8,10H,9H2,1H3,(H,17,19)/b5-3+. The molecule has 1 aromatic carbocycles. The first-order valence-corrected chi connectivity index (χ1v) is 7.82. The summed E-state index contributed by atoms with van der Waals surface area (Å²) >= 11 is 1.50. The number of carbonyl (C=O) groups excluding carboxylic acids is 2. The number of thiophene rings is 1. The molecule has 0 saturated heterocycles. The third-order valence-corrected chi connectivity index (χ3v) is 3.71. The van der Waals surface area contributed by atoms with Crippen molar-refractivity contribution >= 4 is 40.7 Å². The highest BCUT2D eigenvalue weighted by molar-refractivity contribution is 7.08.